The number of hydrogen-bond acceptors (Lipinski definition) is 0. The van der Waals surface area contributed by atoms with Crippen molar-refractivity contribution in [1.29, 1.82) is 0 Å². The molecule has 0 unspecified atom stereocenters. The lowest BCUT2D eigenvalue weighted by atomic mass is 9.70. The highest BCUT2D eigenvalue weighted by molar-refractivity contribution is 6.12. The second-order valence-electron chi connectivity index (χ2n) is 21.1. The van der Waals surface area contributed by atoms with Crippen LogP contribution in [0.4, 0.5) is 0 Å². The van der Waals surface area contributed by atoms with Gasteiger partial charge in [0, 0.05) is 71.7 Å². The van der Waals surface area contributed by atoms with Gasteiger partial charge in [0.25, 0.3) is 0 Å². The first-order valence-corrected chi connectivity index (χ1v) is 26.9. The molecular weight excluding hydrogens is 945 g/mol. The predicted octanol–water partition coefficient (Wildman–Crippen LogP) is 18.2. The van der Waals surface area contributed by atoms with Gasteiger partial charge in [0.05, 0.1) is 44.0 Å². The molecule has 4 heteroatoms. The van der Waals surface area contributed by atoms with Crippen LogP contribution in [0.3, 0.4) is 0 Å². The minimum atomic E-state index is -0.785. The van der Waals surface area contributed by atoms with Crippen molar-refractivity contribution in [3.8, 4) is 57.3 Å². The van der Waals surface area contributed by atoms with Gasteiger partial charge in [-0.05, 0) is 155 Å². The molecule has 0 bridgehead atoms. The van der Waals surface area contributed by atoms with Gasteiger partial charge in [-0.1, -0.05) is 158 Å². The summed E-state index contributed by atoms with van der Waals surface area (Å²) >= 11 is 0. The lowest BCUT2D eigenvalue weighted by molar-refractivity contribution is 0.788. The summed E-state index contributed by atoms with van der Waals surface area (Å²) in [5.41, 5.74) is 24.2. The largest absolute Gasteiger partial charge is 0.313 e. The highest BCUT2D eigenvalue weighted by Crippen LogP contribution is 2.64. The molecule has 17 rings (SSSR count). The van der Waals surface area contributed by atoms with Gasteiger partial charge < -0.3 is 18.3 Å². The summed E-state index contributed by atoms with van der Waals surface area (Å²) in [4.78, 5) is 0. The number of hydrogen-bond donors (Lipinski definition) is 0. The summed E-state index contributed by atoms with van der Waals surface area (Å²) in [6, 6.07) is 91.0. The van der Waals surface area contributed by atoms with Crippen molar-refractivity contribution in [2.24, 2.45) is 0 Å². The fourth-order valence-corrected chi connectivity index (χ4v) is 14.4. The van der Waals surface area contributed by atoms with Crippen molar-refractivity contribution in [1.82, 2.24) is 18.3 Å². The Morgan fingerprint density at radius 2 is 0.577 bits per heavy atom. The molecule has 2 aliphatic carbocycles. The third kappa shape index (κ3) is 5.54. The molecule has 0 amide bonds. The zero-order valence-corrected chi connectivity index (χ0v) is 42.6. The Labute approximate surface area is 450 Å². The fraction of sp³-hybridized carbons (Fsp3) is 0.0270. The molecule has 11 aromatic carbocycles. The van der Waals surface area contributed by atoms with Crippen molar-refractivity contribution < 1.29 is 0 Å². The van der Waals surface area contributed by atoms with Crippen LogP contribution in [0.15, 0.2) is 249 Å². The maximum atomic E-state index is 5.88. The van der Waals surface area contributed by atoms with Gasteiger partial charge in [0.1, 0.15) is 0 Å². The topological polar surface area (TPSA) is 19.7 Å². The number of aromatic nitrogens is 4. The van der Waals surface area contributed by atoms with Crippen LogP contribution in [0.5, 0.6) is 0 Å². The molecule has 0 radical (unpaired) electrons. The van der Waals surface area contributed by atoms with Crippen LogP contribution in [-0.2, 0) is 5.41 Å². The summed E-state index contributed by atoms with van der Waals surface area (Å²) in [5, 5.41) is 8.61. The molecule has 1 spiro atoms. The lowest BCUT2D eigenvalue weighted by Crippen LogP contribution is -2.27. The molecule has 4 heterocycles. The molecule has 0 atom stereocenters. The first kappa shape index (κ1) is 43.0. The molecule has 362 valence electrons. The van der Waals surface area contributed by atoms with Gasteiger partial charge in [-0.3, -0.25) is 0 Å². The minimum absolute atomic E-state index is 0.785. The van der Waals surface area contributed by atoms with Crippen LogP contribution < -0.4 is 0 Å². The number of benzene rings is 11. The van der Waals surface area contributed by atoms with E-state index in [1.807, 2.05) is 6.08 Å². The monoisotopic (exact) mass is 990 g/mol. The Kier molecular flexibility index (Phi) is 8.73. The zero-order valence-electron chi connectivity index (χ0n) is 42.6. The number of nitrogens with zero attached hydrogens (tertiary/aromatic N) is 4. The quantitative estimate of drug-likeness (QED) is 0.153. The van der Waals surface area contributed by atoms with Crippen molar-refractivity contribution in [3.05, 3.63) is 282 Å². The summed E-state index contributed by atoms with van der Waals surface area (Å²) in [6.45, 7) is 2.22. The number of rotatable bonds is 5. The van der Waals surface area contributed by atoms with Crippen molar-refractivity contribution in [2.75, 3.05) is 0 Å². The van der Waals surface area contributed by atoms with E-state index >= 15 is 0 Å². The Morgan fingerprint density at radius 1 is 0.321 bits per heavy atom. The molecule has 0 saturated carbocycles. The van der Waals surface area contributed by atoms with Crippen molar-refractivity contribution in [2.45, 2.75) is 12.3 Å². The van der Waals surface area contributed by atoms with Gasteiger partial charge in [-0.25, -0.2) is 0 Å². The van der Waals surface area contributed by atoms with Crippen LogP contribution in [0.1, 0.15) is 33.5 Å². The molecule has 4 nitrogen and oxygen atoms in total. The Bertz CT molecular complexity index is 4690. The van der Waals surface area contributed by atoms with E-state index in [4.69, 9.17) is 6.42 Å². The molecule has 0 N–H and O–H groups in total. The van der Waals surface area contributed by atoms with E-state index in [0.717, 1.165) is 39.5 Å². The molecule has 15 aromatic rings. The molecule has 78 heavy (non-hydrogen) atoms. The van der Waals surface area contributed by atoms with E-state index in [1.54, 1.807) is 0 Å². The average Bonchev–Trinajstić information content (AvgIpc) is 2.98. The fourth-order valence-electron chi connectivity index (χ4n) is 14.4. The molecule has 0 saturated heterocycles. The van der Waals surface area contributed by atoms with Gasteiger partial charge in [-0.2, -0.15) is 0 Å². The summed E-state index contributed by atoms with van der Waals surface area (Å²) in [5.74, 6) is 2.76. The third-order valence-electron chi connectivity index (χ3n) is 17.5. The maximum absolute atomic E-state index is 5.88. The molecule has 2 aliphatic rings. The van der Waals surface area contributed by atoms with Crippen molar-refractivity contribution in [3.63, 3.8) is 0 Å². The first-order chi connectivity index (χ1) is 38.6. The van der Waals surface area contributed by atoms with E-state index in [1.165, 1.54) is 115 Å². The predicted molar refractivity (Wildman–Crippen MR) is 325 cm³/mol. The molecular formula is C74H46N4. The van der Waals surface area contributed by atoms with Crippen LogP contribution in [0, 0.1) is 19.3 Å². The number of fused-ring (bicyclic) bond motifs is 20. The summed E-state index contributed by atoms with van der Waals surface area (Å²) in [7, 11) is 0. The lowest BCUT2D eigenvalue weighted by Gasteiger charge is -2.32. The second kappa shape index (κ2) is 15.8. The minimum Gasteiger partial charge on any atom is -0.313 e. The Balaban J connectivity index is 1.02. The Morgan fingerprint density at radius 3 is 0.872 bits per heavy atom. The molecule has 0 fully saturated rings. The van der Waals surface area contributed by atoms with E-state index < -0.39 is 5.41 Å². The number of terminal acetylenes is 1. The van der Waals surface area contributed by atoms with E-state index in [2.05, 4.69) is 280 Å². The standard InChI is InChI=1S/C74H46N4/c1-3-4-19-51-46(2)75(67-27-12-5-20-56(51)67)47-34-38-52-53-39-35-48(76-68-28-13-6-21-57(68)58-22-7-14-29-69(58)76)43-64(53)74(63(52)42-47)65-44-49(77-70-30-15-8-23-59(70)60-24-9-16-31-71(60)77)36-40-54(65)55-41-37-50(45-66(55)74)78-72-32-17-10-25-61(72)62-26-11-18-33-73(62)78/h1,4-45H,2H3/b19-4-. The van der Waals surface area contributed by atoms with Gasteiger partial charge in [0.2, 0.25) is 0 Å². The Hall–Kier alpha value is -10.3. The highest BCUT2D eigenvalue weighted by atomic mass is 15.0. The van der Waals surface area contributed by atoms with E-state index in [0.29, 0.717) is 0 Å². The van der Waals surface area contributed by atoms with Crippen LogP contribution >= 0.6 is 0 Å². The smallest absolute Gasteiger partial charge is 0.0728 e. The maximum Gasteiger partial charge on any atom is 0.0728 e. The van der Waals surface area contributed by atoms with Gasteiger partial charge >= 0.3 is 0 Å². The molecule has 0 aliphatic heterocycles. The first-order valence-electron chi connectivity index (χ1n) is 26.9. The second-order valence-corrected chi connectivity index (χ2v) is 21.1. The van der Waals surface area contributed by atoms with Gasteiger partial charge in [0.15, 0.2) is 0 Å². The average molecular weight is 991 g/mol. The van der Waals surface area contributed by atoms with Crippen molar-refractivity contribution >= 4 is 82.4 Å². The van der Waals surface area contributed by atoms with Crippen LogP contribution in [-0.4, -0.2) is 18.3 Å². The van der Waals surface area contributed by atoms with Crippen LogP contribution in [0.25, 0.3) is 127 Å². The number of para-hydroxylation sites is 7. The summed E-state index contributed by atoms with van der Waals surface area (Å²) in [6.07, 6.45) is 9.78. The van der Waals surface area contributed by atoms with E-state index in [-0.39, 0.29) is 0 Å². The zero-order chi connectivity index (χ0) is 51.4. The third-order valence-corrected chi connectivity index (χ3v) is 17.5. The van der Waals surface area contributed by atoms with Gasteiger partial charge in [-0.15, -0.1) is 6.42 Å². The van der Waals surface area contributed by atoms with E-state index in [9.17, 15) is 0 Å². The highest BCUT2D eigenvalue weighted by Gasteiger charge is 2.52. The SMILES string of the molecule is C#C/C=C\c1c(C)n(-c2ccc3c(c2)C2(c4cc(-n5c6ccccc6c6ccccc65)ccc4-3)c3cc(-n4c5ccccc5c5ccccc54)ccc3-c3ccc(-n4c5ccccc5c5ccccc54)cc32)c2ccccc12. The normalized spacial score (nSPS) is 13.2. The summed E-state index contributed by atoms with van der Waals surface area (Å²) < 4.78 is 9.88. The molecule has 4 aromatic heterocycles. The number of allylic oxidation sites excluding steroid dienone is 1. The van der Waals surface area contributed by atoms with Crippen LogP contribution in [0.2, 0.25) is 0 Å².